The van der Waals surface area contributed by atoms with E-state index in [1.807, 2.05) is 75.4 Å². The summed E-state index contributed by atoms with van der Waals surface area (Å²) in [6, 6.07) is 17.2. The third-order valence-corrected chi connectivity index (χ3v) is 4.31. The fourth-order valence-electron chi connectivity index (χ4n) is 2.79. The van der Waals surface area contributed by atoms with Crippen molar-refractivity contribution in [2.24, 2.45) is 0 Å². The van der Waals surface area contributed by atoms with Crippen molar-refractivity contribution in [3.05, 3.63) is 65.7 Å². The van der Waals surface area contributed by atoms with E-state index in [0.29, 0.717) is 19.7 Å². The minimum absolute atomic E-state index is 0.239. The van der Waals surface area contributed by atoms with Crippen molar-refractivity contribution in [1.29, 1.82) is 0 Å². The van der Waals surface area contributed by atoms with Crippen LogP contribution >= 0.6 is 0 Å². The van der Waals surface area contributed by atoms with Gasteiger partial charge in [-0.2, -0.15) is 0 Å². The Morgan fingerprint density at radius 2 is 1.59 bits per heavy atom. The number of rotatable bonds is 11. The number of hydrogen-bond donors (Lipinski definition) is 2. The maximum atomic E-state index is 11.9. The zero-order chi connectivity index (χ0) is 23.2. The van der Waals surface area contributed by atoms with Crippen LogP contribution in [0.4, 0.5) is 9.59 Å². The van der Waals surface area contributed by atoms with E-state index >= 15 is 0 Å². The second-order valence-corrected chi connectivity index (χ2v) is 8.40. The Morgan fingerprint density at radius 1 is 0.844 bits per heavy atom. The van der Waals surface area contributed by atoms with Gasteiger partial charge >= 0.3 is 12.2 Å². The fraction of sp³-hybridized carbons (Fsp3) is 0.440. The second kappa shape index (κ2) is 13.2. The van der Waals surface area contributed by atoms with Crippen LogP contribution in [0.25, 0.3) is 0 Å². The number of hydrogen-bond acceptors (Lipinski definition) is 5. The lowest BCUT2D eigenvalue weighted by molar-refractivity contribution is 0.0527. The number of alkyl carbamates (subject to hydrolysis) is 2. The monoisotopic (exact) mass is 442 g/mol. The molecule has 0 unspecified atom stereocenters. The van der Waals surface area contributed by atoms with Crippen LogP contribution in [0.1, 0.15) is 51.2 Å². The molecule has 0 aliphatic rings. The highest BCUT2D eigenvalue weighted by Crippen LogP contribution is 2.14. The lowest BCUT2D eigenvalue weighted by atomic mass is 10.2. The quantitative estimate of drug-likeness (QED) is 0.468. The normalized spacial score (nSPS) is 10.8. The number of carbonyl (C=O) groups is 2. The van der Waals surface area contributed by atoms with Crippen molar-refractivity contribution in [2.45, 2.75) is 58.8 Å². The molecule has 0 aliphatic heterocycles. The zero-order valence-electron chi connectivity index (χ0n) is 19.2. The molecule has 0 aromatic heterocycles. The summed E-state index contributed by atoms with van der Waals surface area (Å²) in [4.78, 5) is 23.5. The molecule has 0 heterocycles. The van der Waals surface area contributed by atoms with Gasteiger partial charge in [-0.15, -0.1) is 0 Å². The highest BCUT2D eigenvalue weighted by molar-refractivity contribution is 5.67. The fourth-order valence-corrected chi connectivity index (χ4v) is 2.79. The highest BCUT2D eigenvalue weighted by Gasteiger charge is 2.15. The maximum absolute atomic E-state index is 11.9. The first kappa shape index (κ1) is 25.0. The molecule has 7 heteroatoms. The smallest absolute Gasteiger partial charge is 0.407 e. The van der Waals surface area contributed by atoms with E-state index in [-0.39, 0.29) is 12.7 Å². The zero-order valence-corrected chi connectivity index (χ0v) is 19.2. The van der Waals surface area contributed by atoms with E-state index in [0.717, 1.165) is 36.1 Å². The first-order valence-corrected chi connectivity index (χ1v) is 10.9. The van der Waals surface area contributed by atoms with Crippen molar-refractivity contribution < 1.29 is 23.8 Å². The maximum Gasteiger partial charge on any atom is 0.407 e. The molecule has 7 nitrogen and oxygen atoms in total. The summed E-state index contributed by atoms with van der Waals surface area (Å²) in [5.74, 6) is 0.758. The van der Waals surface area contributed by atoms with Gasteiger partial charge in [0.15, 0.2) is 0 Å². The van der Waals surface area contributed by atoms with Gasteiger partial charge in [-0.05, 0) is 63.3 Å². The molecule has 0 fully saturated rings. The Bertz CT molecular complexity index is 834. The van der Waals surface area contributed by atoms with E-state index in [1.54, 1.807) is 0 Å². The third kappa shape index (κ3) is 11.2. The average Bonchev–Trinajstić information content (AvgIpc) is 2.75. The predicted octanol–water partition coefficient (Wildman–Crippen LogP) is 5.19. The van der Waals surface area contributed by atoms with Gasteiger partial charge in [0.1, 0.15) is 18.0 Å². The lowest BCUT2D eigenvalue weighted by Gasteiger charge is -2.19. The van der Waals surface area contributed by atoms with Crippen molar-refractivity contribution in [3.8, 4) is 5.75 Å². The summed E-state index contributed by atoms with van der Waals surface area (Å²) < 4.78 is 16.2. The predicted molar refractivity (Wildman–Crippen MR) is 123 cm³/mol. The molecule has 0 aliphatic carbocycles. The Kier molecular flexibility index (Phi) is 10.4. The third-order valence-electron chi connectivity index (χ3n) is 4.31. The number of carbonyl (C=O) groups excluding carboxylic acids is 2. The van der Waals surface area contributed by atoms with Crippen LogP contribution in [0.5, 0.6) is 5.75 Å². The van der Waals surface area contributed by atoms with Crippen molar-refractivity contribution in [1.82, 2.24) is 10.6 Å². The van der Waals surface area contributed by atoms with Gasteiger partial charge in [-0.1, -0.05) is 42.5 Å². The molecular weight excluding hydrogens is 408 g/mol. The van der Waals surface area contributed by atoms with Gasteiger partial charge in [0, 0.05) is 13.1 Å². The Hall–Kier alpha value is -3.22. The van der Waals surface area contributed by atoms with E-state index in [1.165, 1.54) is 0 Å². The first-order chi connectivity index (χ1) is 15.3. The van der Waals surface area contributed by atoms with E-state index in [9.17, 15) is 9.59 Å². The molecule has 2 aromatic rings. The van der Waals surface area contributed by atoms with Gasteiger partial charge in [-0.3, -0.25) is 0 Å². The van der Waals surface area contributed by atoms with Crippen LogP contribution in [0.15, 0.2) is 54.6 Å². The summed E-state index contributed by atoms with van der Waals surface area (Å²) in [6.45, 7) is 7.29. The summed E-state index contributed by atoms with van der Waals surface area (Å²) in [5.41, 5.74) is 1.39. The second-order valence-electron chi connectivity index (χ2n) is 8.40. The Morgan fingerprint density at radius 3 is 2.34 bits per heavy atom. The molecule has 2 aromatic carbocycles. The minimum atomic E-state index is -0.482. The lowest BCUT2D eigenvalue weighted by Crippen LogP contribution is -2.33. The van der Waals surface area contributed by atoms with Crippen molar-refractivity contribution in [2.75, 3.05) is 13.2 Å². The molecule has 2 rings (SSSR count). The standard InChI is InChI=1S/C25H34N2O5/c1-25(2,3)32-24(29)26-15-8-5-9-16-30-22-14-10-13-21(17-22)18-27-23(28)31-19-20-11-6-4-7-12-20/h4,6-7,10-14,17H,5,8-9,15-16,18-19H2,1-3H3,(H,26,29)(H,27,28). The van der Waals surface area contributed by atoms with Gasteiger partial charge < -0.3 is 24.8 Å². The number of nitrogens with one attached hydrogen (secondary N) is 2. The van der Waals surface area contributed by atoms with E-state index in [4.69, 9.17) is 14.2 Å². The van der Waals surface area contributed by atoms with Crippen LogP contribution < -0.4 is 15.4 Å². The topological polar surface area (TPSA) is 85.9 Å². The van der Waals surface area contributed by atoms with Gasteiger partial charge in [0.2, 0.25) is 0 Å². The average molecular weight is 443 g/mol. The Labute approximate surface area is 190 Å². The van der Waals surface area contributed by atoms with Crippen LogP contribution in [0.3, 0.4) is 0 Å². The Balaban J connectivity index is 1.57. The number of benzene rings is 2. The van der Waals surface area contributed by atoms with Crippen molar-refractivity contribution >= 4 is 12.2 Å². The summed E-state index contributed by atoms with van der Waals surface area (Å²) >= 11 is 0. The van der Waals surface area contributed by atoms with Gasteiger partial charge in [0.25, 0.3) is 0 Å². The SMILES string of the molecule is CC(C)(C)OC(=O)NCCCCCOc1cccc(CNC(=O)OCc2ccccc2)c1. The van der Waals surface area contributed by atoms with E-state index in [2.05, 4.69) is 10.6 Å². The molecule has 32 heavy (non-hydrogen) atoms. The van der Waals surface area contributed by atoms with Crippen LogP contribution in [0.2, 0.25) is 0 Å². The van der Waals surface area contributed by atoms with Crippen molar-refractivity contribution in [3.63, 3.8) is 0 Å². The molecule has 2 N–H and O–H groups in total. The van der Waals surface area contributed by atoms with Gasteiger partial charge in [0.05, 0.1) is 6.61 Å². The highest BCUT2D eigenvalue weighted by atomic mass is 16.6. The molecule has 0 saturated carbocycles. The number of ether oxygens (including phenoxy) is 3. The van der Waals surface area contributed by atoms with Gasteiger partial charge in [-0.25, -0.2) is 9.59 Å². The molecular formula is C25H34N2O5. The summed E-state index contributed by atoms with van der Waals surface area (Å²) in [6.07, 6.45) is 1.83. The van der Waals surface area contributed by atoms with Crippen LogP contribution in [0, 0.1) is 0 Å². The number of unbranched alkanes of at least 4 members (excludes halogenated alkanes) is 2. The summed E-state index contributed by atoms with van der Waals surface area (Å²) in [7, 11) is 0. The molecule has 2 amide bonds. The summed E-state index contributed by atoms with van der Waals surface area (Å²) in [5, 5.41) is 5.50. The first-order valence-electron chi connectivity index (χ1n) is 10.9. The molecule has 0 radical (unpaired) electrons. The molecule has 0 bridgehead atoms. The largest absolute Gasteiger partial charge is 0.494 e. The molecule has 174 valence electrons. The van der Waals surface area contributed by atoms with Crippen LogP contribution in [-0.2, 0) is 22.6 Å². The van der Waals surface area contributed by atoms with E-state index < -0.39 is 11.7 Å². The van der Waals surface area contributed by atoms with Crippen LogP contribution in [-0.4, -0.2) is 30.9 Å². The molecule has 0 spiro atoms. The number of amides is 2. The molecule has 0 atom stereocenters. The molecule has 0 saturated heterocycles. The minimum Gasteiger partial charge on any atom is -0.494 e.